The van der Waals surface area contributed by atoms with Gasteiger partial charge in [-0.15, -0.1) is 0 Å². The van der Waals surface area contributed by atoms with E-state index >= 15 is 0 Å². The Labute approximate surface area is 173 Å². The molecule has 8 heteroatoms. The number of aromatic nitrogens is 2. The molecule has 2 aromatic heterocycles. The third kappa shape index (κ3) is 4.55. The van der Waals surface area contributed by atoms with Crippen LogP contribution in [0, 0.1) is 11.3 Å². The number of carbonyl (C=O) groups is 2. The van der Waals surface area contributed by atoms with Crippen molar-refractivity contribution >= 4 is 34.9 Å². The fourth-order valence-corrected chi connectivity index (χ4v) is 3.00. The minimum Gasteiger partial charge on any atom is -0.354 e. The van der Waals surface area contributed by atoms with Gasteiger partial charge in [-0.25, -0.2) is 4.98 Å². The maximum Gasteiger partial charge on any atom is 0.256 e. The first-order valence-corrected chi connectivity index (χ1v) is 9.40. The van der Waals surface area contributed by atoms with Crippen LogP contribution in [0.25, 0.3) is 5.65 Å². The summed E-state index contributed by atoms with van der Waals surface area (Å²) in [5, 5.41) is 14.7. The van der Waals surface area contributed by atoms with Crippen molar-refractivity contribution in [2.24, 2.45) is 0 Å². The first-order valence-electron chi connectivity index (χ1n) is 9.02. The molecule has 0 fully saturated rings. The highest BCUT2D eigenvalue weighted by Crippen LogP contribution is 2.24. The minimum absolute atomic E-state index is 0.173. The van der Waals surface area contributed by atoms with Crippen LogP contribution in [-0.2, 0) is 10.2 Å². The van der Waals surface area contributed by atoms with Crippen LogP contribution >= 0.6 is 11.6 Å². The molecule has 2 heterocycles. The number of rotatable bonds is 6. The lowest BCUT2D eigenvalue weighted by atomic mass is 9.83. The summed E-state index contributed by atoms with van der Waals surface area (Å²) in [6.07, 6.45) is 3.65. The molecular formula is C21H20ClN5O2. The zero-order valence-electron chi connectivity index (χ0n) is 16.1. The van der Waals surface area contributed by atoms with Crippen molar-refractivity contribution in [2.75, 3.05) is 11.9 Å². The second kappa shape index (κ2) is 8.33. The van der Waals surface area contributed by atoms with Crippen molar-refractivity contribution in [3.05, 3.63) is 64.9 Å². The summed E-state index contributed by atoms with van der Waals surface area (Å²) in [4.78, 5) is 29.3. The van der Waals surface area contributed by atoms with E-state index in [1.54, 1.807) is 67.0 Å². The Hall–Kier alpha value is -3.37. The van der Waals surface area contributed by atoms with Gasteiger partial charge in [-0.05, 0) is 43.7 Å². The van der Waals surface area contributed by atoms with Gasteiger partial charge < -0.3 is 15.0 Å². The predicted octanol–water partition coefficient (Wildman–Crippen LogP) is 3.55. The number of benzene rings is 1. The fourth-order valence-electron chi connectivity index (χ4n) is 2.84. The van der Waals surface area contributed by atoms with E-state index in [1.165, 1.54) is 0 Å². The molecule has 0 unspecified atom stereocenters. The van der Waals surface area contributed by atoms with E-state index in [4.69, 9.17) is 16.9 Å². The molecule has 2 N–H and O–H groups in total. The Balaban J connectivity index is 1.70. The van der Waals surface area contributed by atoms with E-state index in [-0.39, 0.29) is 18.2 Å². The average molecular weight is 410 g/mol. The summed E-state index contributed by atoms with van der Waals surface area (Å²) in [6.45, 7) is 3.90. The molecule has 0 radical (unpaired) electrons. The summed E-state index contributed by atoms with van der Waals surface area (Å²) in [7, 11) is 0. The maximum atomic E-state index is 12.5. The van der Waals surface area contributed by atoms with Gasteiger partial charge in [0.2, 0.25) is 5.91 Å². The van der Waals surface area contributed by atoms with Crippen molar-refractivity contribution < 1.29 is 9.59 Å². The smallest absolute Gasteiger partial charge is 0.256 e. The quantitative estimate of drug-likeness (QED) is 0.608. The van der Waals surface area contributed by atoms with Crippen LogP contribution in [0.5, 0.6) is 0 Å². The molecule has 148 valence electrons. The monoisotopic (exact) mass is 409 g/mol. The van der Waals surface area contributed by atoms with E-state index in [0.717, 1.165) is 5.56 Å². The van der Waals surface area contributed by atoms with Gasteiger partial charge >= 0.3 is 0 Å². The first kappa shape index (κ1) is 20.4. The van der Waals surface area contributed by atoms with Crippen LogP contribution in [0.3, 0.4) is 0 Å². The molecule has 1 aromatic carbocycles. The van der Waals surface area contributed by atoms with E-state index in [2.05, 4.69) is 15.6 Å². The SMILES string of the molecule is CC(C)(C(=O)NCCC#N)c1ccc(C(=O)Nc2cn3cc(Cl)ccc3n2)cc1. The minimum atomic E-state index is -0.786. The summed E-state index contributed by atoms with van der Waals surface area (Å²) in [5.74, 6) is -0.0609. The predicted molar refractivity (Wildman–Crippen MR) is 111 cm³/mol. The number of hydrogen-bond acceptors (Lipinski definition) is 4. The molecule has 2 amide bonds. The van der Waals surface area contributed by atoms with Crippen LogP contribution in [0.4, 0.5) is 5.82 Å². The molecular weight excluding hydrogens is 390 g/mol. The van der Waals surface area contributed by atoms with Gasteiger partial charge in [-0.1, -0.05) is 23.7 Å². The number of anilines is 1. The van der Waals surface area contributed by atoms with Crippen LogP contribution in [-0.4, -0.2) is 27.7 Å². The molecule has 0 saturated carbocycles. The molecule has 0 aliphatic rings. The van der Waals surface area contributed by atoms with Crippen LogP contribution < -0.4 is 10.6 Å². The Morgan fingerprint density at radius 3 is 2.59 bits per heavy atom. The number of fused-ring (bicyclic) bond motifs is 1. The largest absolute Gasteiger partial charge is 0.354 e. The van der Waals surface area contributed by atoms with E-state index in [9.17, 15) is 9.59 Å². The zero-order chi connectivity index (χ0) is 21.0. The molecule has 0 spiro atoms. The van der Waals surface area contributed by atoms with Crippen LogP contribution in [0.15, 0.2) is 48.8 Å². The van der Waals surface area contributed by atoms with Crippen molar-refractivity contribution in [2.45, 2.75) is 25.7 Å². The van der Waals surface area contributed by atoms with Crippen molar-refractivity contribution in [1.82, 2.24) is 14.7 Å². The number of imidazole rings is 1. The number of halogens is 1. The molecule has 0 atom stereocenters. The van der Waals surface area contributed by atoms with Gasteiger partial charge in [0, 0.05) is 18.3 Å². The fraction of sp³-hybridized carbons (Fsp3) is 0.238. The van der Waals surface area contributed by atoms with E-state index in [0.29, 0.717) is 28.6 Å². The normalized spacial score (nSPS) is 11.1. The second-order valence-electron chi connectivity index (χ2n) is 7.06. The average Bonchev–Trinajstić information content (AvgIpc) is 3.09. The third-order valence-electron chi connectivity index (χ3n) is 4.62. The number of nitrogens with zero attached hydrogens (tertiary/aromatic N) is 3. The first-order chi connectivity index (χ1) is 13.8. The Bertz CT molecular complexity index is 1100. The van der Waals surface area contributed by atoms with Crippen LogP contribution in [0.2, 0.25) is 5.02 Å². The summed E-state index contributed by atoms with van der Waals surface area (Å²) >= 11 is 5.96. The molecule has 0 aliphatic carbocycles. The lowest BCUT2D eigenvalue weighted by Crippen LogP contribution is -2.40. The molecule has 29 heavy (non-hydrogen) atoms. The molecule has 7 nitrogen and oxygen atoms in total. The topological polar surface area (TPSA) is 99.3 Å². The summed E-state index contributed by atoms with van der Waals surface area (Å²) in [6, 6.07) is 12.3. The number of hydrogen-bond donors (Lipinski definition) is 2. The van der Waals surface area contributed by atoms with Crippen molar-refractivity contribution in [1.29, 1.82) is 5.26 Å². The standard InChI is InChI=1S/C21H20ClN5O2/c1-21(2,20(29)24-11-3-10-23)15-6-4-14(5-7-15)19(28)26-17-13-27-12-16(22)8-9-18(27)25-17/h4-9,12-13H,3,11H2,1-2H3,(H,24,29)(H,26,28). The zero-order valence-corrected chi connectivity index (χ0v) is 16.8. The van der Waals surface area contributed by atoms with Gasteiger partial charge in [0.15, 0.2) is 5.82 Å². The Morgan fingerprint density at radius 1 is 1.17 bits per heavy atom. The maximum absolute atomic E-state index is 12.5. The highest BCUT2D eigenvalue weighted by Gasteiger charge is 2.29. The Kier molecular flexibility index (Phi) is 5.85. The second-order valence-corrected chi connectivity index (χ2v) is 7.50. The Morgan fingerprint density at radius 2 is 1.90 bits per heavy atom. The number of nitrogens with one attached hydrogen (secondary N) is 2. The molecule has 0 bridgehead atoms. The number of nitriles is 1. The lowest BCUT2D eigenvalue weighted by molar-refractivity contribution is -0.125. The number of carbonyl (C=O) groups excluding carboxylic acids is 2. The number of pyridine rings is 1. The van der Waals surface area contributed by atoms with Crippen molar-refractivity contribution in [3.63, 3.8) is 0 Å². The molecule has 3 rings (SSSR count). The van der Waals surface area contributed by atoms with Gasteiger partial charge in [0.05, 0.1) is 29.1 Å². The summed E-state index contributed by atoms with van der Waals surface area (Å²) < 4.78 is 1.73. The summed E-state index contributed by atoms with van der Waals surface area (Å²) in [5.41, 5.74) is 1.10. The highest BCUT2D eigenvalue weighted by molar-refractivity contribution is 6.30. The van der Waals surface area contributed by atoms with Gasteiger partial charge in [-0.3, -0.25) is 9.59 Å². The molecule has 0 saturated heterocycles. The van der Waals surface area contributed by atoms with Gasteiger partial charge in [-0.2, -0.15) is 5.26 Å². The van der Waals surface area contributed by atoms with Gasteiger partial charge in [0.25, 0.3) is 5.91 Å². The number of amides is 2. The van der Waals surface area contributed by atoms with E-state index in [1.807, 2.05) is 6.07 Å². The molecule has 0 aliphatic heterocycles. The highest BCUT2D eigenvalue weighted by atomic mass is 35.5. The van der Waals surface area contributed by atoms with Crippen LogP contribution in [0.1, 0.15) is 36.2 Å². The third-order valence-corrected chi connectivity index (χ3v) is 4.84. The lowest BCUT2D eigenvalue weighted by Gasteiger charge is -2.24. The molecule has 3 aromatic rings. The van der Waals surface area contributed by atoms with Gasteiger partial charge in [0.1, 0.15) is 5.65 Å². The van der Waals surface area contributed by atoms with E-state index < -0.39 is 5.41 Å². The van der Waals surface area contributed by atoms with Crippen molar-refractivity contribution in [3.8, 4) is 6.07 Å².